The number of carbonyl (C=O) groups is 3. The average Bonchev–Trinajstić information content (AvgIpc) is 3.10. The summed E-state index contributed by atoms with van der Waals surface area (Å²) in [6.07, 6.45) is 0. The number of benzene rings is 2. The molecule has 0 radical (unpaired) electrons. The van der Waals surface area contributed by atoms with Crippen molar-refractivity contribution in [3.8, 4) is 0 Å². The predicted octanol–water partition coefficient (Wildman–Crippen LogP) is 3.57. The zero-order valence-electron chi connectivity index (χ0n) is 15.5. The molecule has 2 aromatic carbocycles. The first kappa shape index (κ1) is 19.9. The molecule has 6 nitrogen and oxygen atoms in total. The second-order valence-corrected chi connectivity index (χ2v) is 7.19. The van der Waals surface area contributed by atoms with Gasteiger partial charge in [-0.25, -0.2) is 9.80 Å². The fourth-order valence-electron chi connectivity index (χ4n) is 3.22. The number of Topliss-reactive ketones (excluding diaryl/α,β-unsaturated/α-hetero) is 1. The Labute approximate surface area is 171 Å². The molecule has 1 aliphatic heterocycles. The second-order valence-electron chi connectivity index (χ2n) is 6.27. The lowest BCUT2D eigenvalue weighted by Crippen LogP contribution is -2.42. The smallest absolute Gasteiger partial charge is 0.355 e. The molecule has 1 heterocycles. The van der Waals surface area contributed by atoms with Crippen LogP contribution in [0.25, 0.3) is 0 Å². The molecule has 3 rings (SSSR count). The van der Waals surface area contributed by atoms with Crippen LogP contribution in [-0.2, 0) is 14.3 Å². The molecule has 2 aromatic rings. The monoisotopic (exact) mass is 442 g/mol. The van der Waals surface area contributed by atoms with Gasteiger partial charge in [0, 0.05) is 17.0 Å². The van der Waals surface area contributed by atoms with E-state index in [1.807, 2.05) is 12.1 Å². The molecule has 1 amide bonds. The van der Waals surface area contributed by atoms with Crippen molar-refractivity contribution in [3.63, 3.8) is 0 Å². The summed E-state index contributed by atoms with van der Waals surface area (Å²) < 4.78 is 5.99. The highest BCUT2D eigenvalue weighted by Crippen LogP contribution is 2.35. The number of hydrogen-bond acceptors (Lipinski definition) is 5. The number of halogens is 1. The summed E-state index contributed by atoms with van der Waals surface area (Å²) in [5.74, 6) is -2.06. The third kappa shape index (κ3) is 3.89. The lowest BCUT2D eigenvalue weighted by molar-refractivity contribution is -0.135. The molecule has 0 aromatic heterocycles. The Morgan fingerprint density at radius 2 is 1.71 bits per heavy atom. The first-order valence-corrected chi connectivity index (χ1v) is 9.63. The number of ketones is 1. The summed E-state index contributed by atoms with van der Waals surface area (Å²) in [5.41, 5.74) is 1.20. The molecule has 0 saturated carbocycles. The first-order valence-electron chi connectivity index (χ1n) is 8.84. The summed E-state index contributed by atoms with van der Waals surface area (Å²) in [6, 6.07) is 15.0. The summed E-state index contributed by atoms with van der Waals surface area (Å²) in [6.45, 7) is 3.18. The van der Waals surface area contributed by atoms with Crippen LogP contribution in [0, 0.1) is 0 Å². The molecule has 0 spiro atoms. The Morgan fingerprint density at radius 3 is 2.29 bits per heavy atom. The van der Waals surface area contributed by atoms with Crippen molar-refractivity contribution in [2.45, 2.75) is 25.8 Å². The van der Waals surface area contributed by atoms with E-state index < -0.39 is 23.8 Å². The fraction of sp³-hybridized carbons (Fsp3) is 0.238. The third-order valence-electron chi connectivity index (χ3n) is 4.45. The Morgan fingerprint density at radius 1 is 1.07 bits per heavy atom. The van der Waals surface area contributed by atoms with E-state index in [0.29, 0.717) is 11.1 Å². The van der Waals surface area contributed by atoms with Crippen molar-refractivity contribution in [2.75, 3.05) is 6.61 Å². The van der Waals surface area contributed by atoms with E-state index in [4.69, 9.17) is 4.74 Å². The Hall–Kier alpha value is -2.80. The van der Waals surface area contributed by atoms with Gasteiger partial charge in [0.25, 0.3) is 0 Å². The number of amides is 1. The molecular weight excluding hydrogens is 424 g/mol. The summed E-state index contributed by atoms with van der Waals surface area (Å²) >= 11 is 3.39. The molecule has 2 atom stereocenters. The van der Waals surface area contributed by atoms with Crippen LogP contribution in [0.15, 0.2) is 64.2 Å². The lowest BCUT2D eigenvalue weighted by Gasteiger charge is -2.25. The van der Waals surface area contributed by atoms with Crippen LogP contribution in [-0.4, -0.2) is 41.0 Å². The minimum atomic E-state index is -0.958. The maximum Gasteiger partial charge on any atom is 0.355 e. The zero-order valence-corrected chi connectivity index (χ0v) is 17.0. The van der Waals surface area contributed by atoms with Gasteiger partial charge in [-0.3, -0.25) is 9.59 Å². The fourth-order valence-corrected chi connectivity index (χ4v) is 3.48. The van der Waals surface area contributed by atoms with Crippen LogP contribution >= 0.6 is 15.9 Å². The van der Waals surface area contributed by atoms with Crippen LogP contribution in [0.2, 0.25) is 0 Å². The third-order valence-corrected chi connectivity index (χ3v) is 4.98. The van der Waals surface area contributed by atoms with Crippen molar-refractivity contribution >= 4 is 39.3 Å². The van der Waals surface area contributed by atoms with Crippen LogP contribution in [0.5, 0.6) is 0 Å². The van der Waals surface area contributed by atoms with Crippen LogP contribution in [0.3, 0.4) is 0 Å². The minimum Gasteiger partial charge on any atom is -0.461 e. The molecule has 1 aliphatic rings. The van der Waals surface area contributed by atoms with Gasteiger partial charge in [0.05, 0.1) is 12.5 Å². The first-order chi connectivity index (χ1) is 13.4. The standard InChI is InChI=1S/C21H19BrN2O4/c1-3-28-21(27)18-17(14-9-11-16(22)12-10-14)19(24(23-18)13(2)25)20(26)15-7-5-4-6-8-15/h4-12,17,19H,3H2,1-2H3. The lowest BCUT2D eigenvalue weighted by atomic mass is 9.84. The van der Waals surface area contributed by atoms with E-state index in [-0.39, 0.29) is 18.1 Å². The molecule has 0 aliphatic carbocycles. The van der Waals surface area contributed by atoms with Crippen LogP contribution < -0.4 is 0 Å². The number of rotatable bonds is 5. The predicted molar refractivity (Wildman–Crippen MR) is 108 cm³/mol. The number of carbonyl (C=O) groups excluding carboxylic acids is 3. The van der Waals surface area contributed by atoms with E-state index in [9.17, 15) is 14.4 Å². The topological polar surface area (TPSA) is 76.0 Å². The van der Waals surface area contributed by atoms with Gasteiger partial charge in [0.15, 0.2) is 11.5 Å². The number of esters is 1. The Bertz CT molecular complexity index is 925. The van der Waals surface area contributed by atoms with E-state index in [1.165, 1.54) is 6.92 Å². The zero-order chi connectivity index (χ0) is 20.3. The number of hydrogen-bond donors (Lipinski definition) is 0. The van der Waals surface area contributed by atoms with Crippen molar-refractivity contribution in [2.24, 2.45) is 5.10 Å². The summed E-state index contributed by atoms with van der Waals surface area (Å²) in [5, 5.41) is 5.30. The van der Waals surface area contributed by atoms with Gasteiger partial charge in [0.2, 0.25) is 5.91 Å². The average molecular weight is 443 g/mol. The SMILES string of the molecule is CCOC(=O)C1=NN(C(C)=O)C(C(=O)c2ccccc2)C1c1ccc(Br)cc1. The van der Waals surface area contributed by atoms with Gasteiger partial charge in [-0.2, -0.15) is 5.10 Å². The largest absolute Gasteiger partial charge is 0.461 e. The van der Waals surface area contributed by atoms with Gasteiger partial charge in [-0.15, -0.1) is 0 Å². The molecule has 0 fully saturated rings. The van der Waals surface area contributed by atoms with Gasteiger partial charge >= 0.3 is 5.97 Å². The van der Waals surface area contributed by atoms with Crippen LogP contribution in [0.4, 0.5) is 0 Å². The molecule has 28 heavy (non-hydrogen) atoms. The quantitative estimate of drug-likeness (QED) is 0.523. The molecule has 2 unspecified atom stereocenters. The van der Waals surface area contributed by atoms with Crippen LogP contribution in [0.1, 0.15) is 35.7 Å². The second kappa shape index (κ2) is 8.48. The maximum absolute atomic E-state index is 13.3. The summed E-state index contributed by atoms with van der Waals surface area (Å²) in [7, 11) is 0. The number of hydrazone groups is 1. The molecule has 144 valence electrons. The van der Waals surface area contributed by atoms with E-state index in [1.54, 1.807) is 49.4 Å². The Balaban J connectivity index is 2.12. The molecule has 0 bridgehead atoms. The maximum atomic E-state index is 13.3. The highest BCUT2D eigenvalue weighted by atomic mass is 79.9. The minimum absolute atomic E-state index is 0.0497. The molecule has 0 saturated heterocycles. The van der Waals surface area contributed by atoms with E-state index in [2.05, 4.69) is 21.0 Å². The Kier molecular flexibility index (Phi) is 6.04. The highest BCUT2D eigenvalue weighted by molar-refractivity contribution is 9.10. The van der Waals surface area contributed by atoms with Crippen molar-refractivity contribution < 1.29 is 19.1 Å². The number of ether oxygens (including phenoxy) is 1. The van der Waals surface area contributed by atoms with Gasteiger partial charge in [0.1, 0.15) is 6.04 Å². The van der Waals surface area contributed by atoms with Crippen molar-refractivity contribution in [3.05, 3.63) is 70.2 Å². The highest BCUT2D eigenvalue weighted by Gasteiger charge is 2.47. The van der Waals surface area contributed by atoms with E-state index in [0.717, 1.165) is 9.48 Å². The normalized spacial score (nSPS) is 18.5. The van der Waals surface area contributed by atoms with Gasteiger partial charge in [-0.1, -0.05) is 58.4 Å². The van der Waals surface area contributed by atoms with Crippen molar-refractivity contribution in [1.29, 1.82) is 0 Å². The molecular formula is C21H19BrN2O4. The summed E-state index contributed by atoms with van der Waals surface area (Å²) in [4.78, 5) is 38.1. The molecule has 0 N–H and O–H groups in total. The van der Waals surface area contributed by atoms with Crippen molar-refractivity contribution in [1.82, 2.24) is 5.01 Å². The van der Waals surface area contributed by atoms with E-state index >= 15 is 0 Å². The molecule has 7 heteroatoms. The van der Waals surface area contributed by atoms with Gasteiger partial charge < -0.3 is 4.74 Å². The number of nitrogens with zero attached hydrogens (tertiary/aromatic N) is 2. The van der Waals surface area contributed by atoms with Gasteiger partial charge in [-0.05, 0) is 24.6 Å².